The molecule has 1 aromatic carbocycles. The molecule has 1 saturated carbocycles. The summed E-state index contributed by atoms with van der Waals surface area (Å²) in [6.45, 7) is 4.45. The van der Waals surface area contributed by atoms with E-state index in [2.05, 4.69) is 38.1 Å². The van der Waals surface area contributed by atoms with Gasteiger partial charge in [0.25, 0.3) is 0 Å². The molecule has 136 valence electrons. The highest BCUT2D eigenvalue weighted by molar-refractivity contribution is 5.33. The van der Waals surface area contributed by atoms with Gasteiger partial charge in [0, 0.05) is 0 Å². The van der Waals surface area contributed by atoms with Crippen molar-refractivity contribution in [2.45, 2.75) is 83.7 Å². The monoisotopic (exact) mass is 339 g/mol. The second-order valence-electron chi connectivity index (χ2n) is 7.37. The molecule has 1 unspecified atom stereocenters. The maximum Gasteiger partial charge on any atom is 0.0991 e. The molecule has 0 heterocycles. The fourth-order valence-corrected chi connectivity index (χ4v) is 3.81. The third kappa shape index (κ3) is 6.58. The number of nitriles is 1. The van der Waals surface area contributed by atoms with Gasteiger partial charge in [-0.05, 0) is 87.0 Å². The largest absolute Gasteiger partial charge is 0.498 e. The zero-order valence-electron chi connectivity index (χ0n) is 15.9. The van der Waals surface area contributed by atoms with Gasteiger partial charge in [0.15, 0.2) is 0 Å². The zero-order valence-corrected chi connectivity index (χ0v) is 15.9. The molecule has 1 fully saturated rings. The molecule has 1 aromatic rings. The summed E-state index contributed by atoms with van der Waals surface area (Å²) in [7, 11) is 0. The Morgan fingerprint density at radius 3 is 2.48 bits per heavy atom. The first-order valence-electron chi connectivity index (χ1n) is 10.1. The van der Waals surface area contributed by atoms with E-state index in [4.69, 9.17) is 10.00 Å². The van der Waals surface area contributed by atoms with E-state index in [0.717, 1.165) is 24.3 Å². The van der Waals surface area contributed by atoms with Gasteiger partial charge in [-0.1, -0.05) is 32.4 Å². The molecule has 0 saturated heterocycles. The van der Waals surface area contributed by atoms with Crippen molar-refractivity contribution in [3.63, 3.8) is 0 Å². The van der Waals surface area contributed by atoms with Crippen molar-refractivity contribution in [2.75, 3.05) is 0 Å². The maximum atomic E-state index is 8.92. The van der Waals surface area contributed by atoms with Crippen LogP contribution >= 0.6 is 0 Å². The fourth-order valence-electron chi connectivity index (χ4n) is 3.81. The Morgan fingerprint density at radius 2 is 1.88 bits per heavy atom. The first-order valence-corrected chi connectivity index (χ1v) is 10.1. The van der Waals surface area contributed by atoms with Crippen LogP contribution in [0.1, 0.15) is 88.7 Å². The van der Waals surface area contributed by atoms with E-state index >= 15 is 0 Å². The normalized spacial score (nSPS) is 21.8. The summed E-state index contributed by atoms with van der Waals surface area (Å²) in [5.41, 5.74) is 2.16. The lowest BCUT2D eigenvalue weighted by atomic mass is 9.76. The van der Waals surface area contributed by atoms with Crippen LogP contribution in [0.3, 0.4) is 0 Å². The highest BCUT2D eigenvalue weighted by Crippen LogP contribution is 2.38. The Labute approximate surface area is 153 Å². The van der Waals surface area contributed by atoms with Gasteiger partial charge in [0.1, 0.15) is 0 Å². The maximum absolute atomic E-state index is 8.92. The van der Waals surface area contributed by atoms with Gasteiger partial charge >= 0.3 is 0 Å². The minimum Gasteiger partial charge on any atom is -0.498 e. The Morgan fingerprint density at radius 1 is 1.16 bits per heavy atom. The zero-order chi connectivity index (χ0) is 17.9. The van der Waals surface area contributed by atoms with E-state index in [1.165, 1.54) is 50.5 Å². The van der Waals surface area contributed by atoms with Gasteiger partial charge in [0.05, 0.1) is 24.0 Å². The van der Waals surface area contributed by atoms with Crippen LogP contribution in [-0.4, -0.2) is 6.10 Å². The molecule has 0 radical (unpaired) electrons. The molecule has 0 N–H and O–H groups in total. The summed E-state index contributed by atoms with van der Waals surface area (Å²) in [5.74, 6) is 1.46. The molecule has 2 rings (SSSR count). The predicted octanol–water partition coefficient (Wildman–Crippen LogP) is 6.72. The van der Waals surface area contributed by atoms with Crippen LogP contribution < -0.4 is 0 Å². The number of allylic oxidation sites excluding steroid dienone is 1. The summed E-state index contributed by atoms with van der Waals surface area (Å²) in [6.07, 6.45) is 15.5. The van der Waals surface area contributed by atoms with E-state index in [1.54, 1.807) is 0 Å². The Balaban J connectivity index is 1.74. The minimum atomic E-state index is 0.370. The van der Waals surface area contributed by atoms with Gasteiger partial charge in [-0.25, -0.2) is 0 Å². The lowest BCUT2D eigenvalue weighted by Crippen LogP contribution is -2.19. The highest BCUT2D eigenvalue weighted by atomic mass is 16.5. The molecule has 0 aliphatic heterocycles. The molecule has 2 nitrogen and oxygen atoms in total. The molecule has 1 aliphatic rings. The van der Waals surface area contributed by atoms with E-state index in [1.807, 2.05) is 18.4 Å². The molecular formula is C23H33NO. The van der Waals surface area contributed by atoms with Crippen LogP contribution in [0.2, 0.25) is 0 Å². The number of ether oxygens (including phenoxy) is 1. The Hall–Kier alpha value is -1.75. The molecule has 0 spiro atoms. The average molecular weight is 340 g/mol. The van der Waals surface area contributed by atoms with Gasteiger partial charge in [-0.2, -0.15) is 5.26 Å². The molecule has 1 aliphatic carbocycles. The summed E-state index contributed by atoms with van der Waals surface area (Å²) < 4.78 is 5.97. The Kier molecular flexibility index (Phi) is 8.60. The first-order chi connectivity index (χ1) is 12.3. The van der Waals surface area contributed by atoms with Crippen LogP contribution in [0.25, 0.3) is 0 Å². The van der Waals surface area contributed by atoms with E-state index in [9.17, 15) is 0 Å². The Bertz CT molecular complexity index is 546. The topological polar surface area (TPSA) is 33.0 Å². The molecule has 2 heteroatoms. The summed E-state index contributed by atoms with van der Waals surface area (Å²) in [6, 6.07) is 10.4. The molecular weight excluding hydrogens is 306 g/mol. The summed E-state index contributed by atoms with van der Waals surface area (Å²) in [4.78, 5) is 0. The van der Waals surface area contributed by atoms with Gasteiger partial charge in [-0.15, -0.1) is 0 Å². The predicted molar refractivity (Wildman–Crippen MR) is 104 cm³/mol. The van der Waals surface area contributed by atoms with Gasteiger partial charge in [0.2, 0.25) is 0 Å². The number of unbranched alkanes of at least 4 members (excludes halogenated alkanes) is 2. The third-order valence-electron chi connectivity index (χ3n) is 5.50. The van der Waals surface area contributed by atoms with Crippen molar-refractivity contribution >= 4 is 0 Å². The molecule has 0 aromatic heterocycles. The molecule has 0 bridgehead atoms. The number of rotatable bonds is 9. The first kappa shape index (κ1) is 19.6. The summed E-state index contributed by atoms with van der Waals surface area (Å²) in [5, 5.41) is 8.92. The summed E-state index contributed by atoms with van der Waals surface area (Å²) >= 11 is 0. The number of nitrogens with zero attached hydrogens (tertiary/aromatic N) is 1. The van der Waals surface area contributed by atoms with Crippen molar-refractivity contribution in [2.24, 2.45) is 5.92 Å². The van der Waals surface area contributed by atoms with Crippen LogP contribution in [0, 0.1) is 17.2 Å². The smallest absolute Gasteiger partial charge is 0.0991 e. The fraction of sp³-hybridized carbons (Fsp3) is 0.609. The number of benzene rings is 1. The van der Waals surface area contributed by atoms with Crippen molar-refractivity contribution in [3.8, 4) is 6.07 Å². The van der Waals surface area contributed by atoms with Gasteiger partial charge in [-0.3, -0.25) is 0 Å². The van der Waals surface area contributed by atoms with Crippen LogP contribution in [0.15, 0.2) is 36.6 Å². The number of hydrogen-bond donors (Lipinski definition) is 0. The minimum absolute atomic E-state index is 0.370. The highest BCUT2D eigenvalue weighted by Gasteiger charge is 2.24. The second-order valence-corrected chi connectivity index (χ2v) is 7.37. The van der Waals surface area contributed by atoms with Crippen molar-refractivity contribution in [1.82, 2.24) is 0 Å². The lowest BCUT2D eigenvalue weighted by Gasteiger charge is -2.30. The number of hydrogen-bond acceptors (Lipinski definition) is 2. The standard InChI is InChI=1S/C23H33NO/c1-3-5-6-7-16-25-23(4-2)17-19-8-12-21(13-9-19)22-14-10-20(18-24)11-15-22/h7,10-11,14-16,19,21,23H,3-6,8-9,12-13,17H2,1-2H3/b16-7+. The van der Waals surface area contributed by atoms with Crippen LogP contribution in [-0.2, 0) is 4.74 Å². The second kappa shape index (κ2) is 11.0. The molecule has 0 amide bonds. The van der Waals surface area contributed by atoms with E-state index in [-0.39, 0.29) is 0 Å². The average Bonchev–Trinajstić information content (AvgIpc) is 2.67. The van der Waals surface area contributed by atoms with E-state index < -0.39 is 0 Å². The van der Waals surface area contributed by atoms with Crippen LogP contribution in [0.5, 0.6) is 0 Å². The van der Waals surface area contributed by atoms with Crippen molar-refractivity contribution in [3.05, 3.63) is 47.7 Å². The van der Waals surface area contributed by atoms with Gasteiger partial charge < -0.3 is 4.74 Å². The molecule has 1 atom stereocenters. The SMILES string of the molecule is CCCC/C=C/OC(CC)CC1CCC(c2ccc(C#N)cc2)CC1. The third-order valence-corrected chi connectivity index (χ3v) is 5.50. The lowest BCUT2D eigenvalue weighted by molar-refractivity contribution is 0.102. The van der Waals surface area contributed by atoms with Crippen molar-refractivity contribution in [1.29, 1.82) is 5.26 Å². The molecule has 25 heavy (non-hydrogen) atoms. The van der Waals surface area contributed by atoms with Crippen molar-refractivity contribution < 1.29 is 4.74 Å². The quantitative estimate of drug-likeness (QED) is 0.369. The van der Waals surface area contributed by atoms with E-state index in [0.29, 0.717) is 12.0 Å². The van der Waals surface area contributed by atoms with Crippen LogP contribution in [0.4, 0.5) is 0 Å².